The van der Waals surface area contributed by atoms with Crippen molar-refractivity contribution in [1.82, 2.24) is 4.98 Å². The van der Waals surface area contributed by atoms with Gasteiger partial charge in [0.1, 0.15) is 11.6 Å². The fraction of sp³-hybridized carbons (Fsp3) is 0.550. The number of rotatable bonds is 13. The summed E-state index contributed by atoms with van der Waals surface area (Å²) in [7, 11) is 0. The highest BCUT2D eigenvalue weighted by Gasteiger charge is 2.37. The van der Waals surface area contributed by atoms with Crippen molar-refractivity contribution < 1.29 is 33.2 Å². The topological polar surface area (TPSA) is 90.4 Å². The highest BCUT2D eigenvalue weighted by molar-refractivity contribution is 5.88. The molecule has 0 bridgehead atoms. The lowest BCUT2D eigenvalue weighted by Crippen LogP contribution is -2.39. The van der Waals surface area contributed by atoms with E-state index in [0.29, 0.717) is 49.2 Å². The molecule has 0 aliphatic carbocycles. The van der Waals surface area contributed by atoms with Gasteiger partial charge in [0.05, 0.1) is 36.8 Å². The number of hydrogen-bond donors (Lipinski definition) is 1. The van der Waals surface area contributed by atoms with Crippen LogP contribution in [0.2, 0.25) is 0 Å². The summed E-state index contributed by atoms with van der Waals surface area (Å²) in [5.41, 5.74) is 5.12. The molecule has 1 N–H and O–H groups in total. The molecule has 0 spiro atoms. The maximum atomic E-state index is 13.3. The van der Waals surface area contributed by atoms with E-state index < -0.39 is 17.7 Å². The van der Waals surface area contributed by atoms with Crippen LogP contribution in [0.4, 0.5) is 10.1 Å². The first-order chi connectivity index (χ1) is 23.3. The van der Waals surface area contributed by atoms with Gasteiger partial charge in [0.2, 0.25) is 0 Å². The molecule has 2 fully saturated rings. The first-order valence-electron chi connectivity index (χ1n) is 17.6. The number of ether oxygens (including phenoxy) is 4. The number of anilines is 1. The molecule has 49 heavy (non-hydrogen) atoms. The Bertz CT molecular complexity index is 1530. The highest BCUT2D eigenvalue weighted by Crippen LogP contribution is 2.45. The van der Waals surface area contributed by atoms with E-state index in [4.69, 9.17) is 23.9 Å². The van der Waals surface area contributed by atoms with Crippen LogP contribution in [0.15, 0.2) is 48.5 Å². The van der Waals surface area contributed by atoms with E-state index in [1.807, 2.05) is 52.0 Å². The van der Waals surface area contributed by atoms with E-state index in [1.54, 1.807) is 12.1 Å². The van der Waals surface area contributed by atoms with Gasteiger partial charge >= 0.3 is 5.97 Å². The first-order valence-corrected chi connectivity index (χ1v) is 17.6. The van der Waals surface area contributed by atoms with Crippen LogP contribution in [-0.2, 0) is 32.0 Å². The van der Waals surface area contributed by atoms with Crippen LogP contribution >= 0.6 is 0 Å². The molecular formula is C40H53FN2O6. The van der Waals surface area contributed by atoms with Crippen LogP contribution in [0.3, 0.4) is 0 Å². The van der Waals surface area contributed by atoms with Gasteiger partial charge in [-0.05, 0) is 100 Å². The average Bonchev–Trinajstić information content (AvgIpc) is 3.05. The summed E-state index contributed by atoms with van der Waals surface area (Å²) in [5, 5.41) is 10.6. The van der Waals surface area contributed by atoms with Crippen LogP contribution in [0.25, 0.3) is 11.1 Å². The van der Waals surface area contributed by atoms with Gasteiger partial charge in [0.25, 0.3) is 0 Å². The Labute approximate surface area is 290 Å². The summed E-state index contributed by atoms with van der Waals surface area (Å²) in [6.45, 7) is 16.5. The monoisotopic (exact) mass is 676 g/mol. The number of benzene rings is 2. The molecule has 266 valence electrons. The number of piperidine rings is 1. The lowest BCUT2D eigenvalue weighted by atomic mass is 9.81. The number of aromatic nitrogens is 1. The van der Waals surface area contributed by atoms with Crippen LogP contribution in [0.5, 0.6) is 5.75 Å². The summed E-state index contributed by atoms with van der Waals surface area (Å²) in [6.07, 6.45) is 3.34. The number of pyridine rings is 1. The van der Waals surface area contributed by atoms with Crippen LogP contribution in [0.1, 0.15) is 88.9 Å². The summed E-state index contributed by atoms with van der Waals surface area (Å²) < 4.78 is 37.6. The number of aryl methyl sites for hydroxylation is 1. The number of aliphatic carboxylic acids is 1. The summed E-state index contributed by atoms with van der Waals surface area (Å²) in [5.74, 6) is -0.152. The van der Waals surface area contributed by atoms with Crippen LogP contribution in [0, 0.1) is 24.1 Å². The molecule has 1 aromatic heterocycles. The van der Waals surface area contributed by atoms with Gasteiger partial charge in [-0.2, -0.15) is 0 Å². The number of hydrogen-bond acceptors (Lipinski definition) is 7. The SMILES string of the molecule is Cc1nc(COCC2CCOCC2)c(-c2ccc(OCCc3ccc(F)cc3)cc2)c(N2CCC(C)(C)CC2)c1C(OC(C)(C)C)C(=O)O. The van der Waals surface area contributed by atoms with E-state index in [2.05, 4.69) is 18.7 Å². The van der Waals surface area contributed by atoms with Crippen molar-refractivity contribution >= 4 is 11.7 Å². The molecule has 3 heterocycles. The lowest BCUT2D eigenvalue weighted by Gasteiger charge is -2.41. The normalized spacial score (nSPS) is 17.6. The lowest BCUT2D eigenvalue weighted by molar-refractivity contribution is -0.160. The third kappa shape index (κ3) is 10.0. The summed E-state index contributed by atoms with van der Waals surface area (Å²) in [4.78, 5) is 20.4. The van der Waals surface area contributed by atoms with Crippen molar-refractivity contribution in [3.05, 3.63) is 76.9 Å². The quantitative estimate of drug-likeness (QED) is 0.193. The van der Waals surface area contributed by atoms with Crippen molar-refractivity contribution in [3.63, 3.8) is 0 Å². The van der Waals surface area contributed by atoms with Crippen molar-refractivity contribution in [2.75, 3.05) is 44.4 Å². The second-order valence-corrected chi connectivity index (χ2v) is 15.2. The van der Waals surface area contributed by atoms with Crippen molar-refractivity contribution in [1.29, 1.82) is 0 Å². The zero-order valence-corrected chi connectivity index (χ0v) is 30.0. The molecule has 2 saturated heterocycles. The Morgan fingerprint density at radius 2 is 1.71 bits per heavy atom. The molecule has 2 aliphatic rings. The van der Waals surface area contributed by atoms with E-state index in [0.717, 1.165) is 80.1 Å². The average molecular weight is 677 g/mol. The number of carboxylic acids is 1. The number of halogens is 1. The summed E-state index contributed by atoms with van der Waals surface area (Å²) >= 11 is 0. The van der Waals surface area contributed by atoms with Gasteiger partial charge in [0.15, 0.2) is 6.10 Å². The van der Waals surface area contributed by atoms with Crippen molar-refractivity contribution in [2.45, 2.75) is 92.0 Å². The minimum Gasteiger partial charge on any atom is -0.493 e. The second-order valence-electron chi connectivity index (χ2n) is 15.2. The van der Waals surface area contributed by atoms with E-state index in [1.165, 1.54) is 12.1 Å². The zero-order chi connectivity index (χ0) is 35.2. The van der Waals surface area contributed by atoms with Gasteiger partial charge in [-0.25, -0.2) is 9.18 Å². The molecule has 1 unspecified atom stereocenters. The smallest absolute Gasteiger partial charge is 0.337 e. The third-order valence-corrected chi connectivity index (χ3v) is 9.51. The van der Waals surface area contributed by atoms with Gasteiger partial charge in [-0.15, -0.1) is 0 Å². The minimum absolute atomic E-state index is 0.190. The third-order valence-electron chi connectivity index (χ3n) is 9.51. The van der Waals surface area contributed by atoms with Gasteiger partial charge in [-0.1, -0.05) is 38.1 Å². The molecule has 2 aromatic carbocycles. The van der Waals surface area contributed by atoms with Crippen molar-refractivity contribution in [2.24, 2.45) is 11.3 Å². The van der Waals surface area contributed by atoms with Gasteiger partial charge < -0.3 is 29.0 Å². The predicted molar refractivity (Wildman–Crippen MR) is 190 cm³/mol. The van der Waals surface area contributed by atoms with Gasteiger partial charge in [-0.3, -0.25) is 4.98 Å². The Kier molecular flexibility index (Phi) is 12.0. The zero-order valence-electron chi connectivity index (χ0n) is 30.0. The largest absolute Gasteiger partial charge is 0.493 e. The molecule has 0 amide bonds. The van der Waals surface area contributed by atoms with E-state index >= 15 is 0 Å². The Morgan fingerprint density at radius 3 is 2.33 bits per heavy atom. The number of carbonyl (C=O) groups is 1. The van der Waals surface area contributed by atoms with E-state index in [-0.39, 0.29) is 11.2 Å². The highest BCUT2D eigenvalue weighted by atomic mass is 19.1. The van der Waals surface area contributed by atoms with Gasteiger partial charge in [0, 0.05) is 49.5 Å². The summed E-state index contributed by atoms with van der Waals surface area (Å²) in [6, 6.07) is 14.4. The number of nitrogens with zero attached hydrogens (tertiary/aromatic N) is 2. The minimum atomic E-state index is -1.21. The standard InChI is InChI=1S/C40H53FN2O6/c1-27-34(37(38(44)45)49-39(2,3)4)36(43-20-18-40(5,6)19-21-43)35(33(42-27)26-47-25-29-15-22-46-23-16-29)30-9-13-32(14-10-30)48-24-17-28-7-11-31(41)12-8-28/h7-14,29,37H,15-26H2,1-6H3,(H,44,45). The molecule has 5 rings (SSSR count). The maximum absolute atomic E-state index is 13.3. The molecule has 3 aromatic rings. The second kappa shape index (κ2) is 16.0. The Hall–Kier alpha value is -3.53. The van der Waals surface area contributed by atoms with Crippen molar-refractivity contribution in [3.8, 4) is 16.9 Å². The molecule has 0 saturated carbocycles. The molecule has 0 radical (unpaired) electrons. The van der Waals surface area contributed by atoms with Crippen LogP contribution < -0.4 is 9.64 Å². The van der Waals surface area contributed by atoms with E-state index in [9.17, 15) is 14.3 Å². The Morgan fingerprint density at radius 1 is 1.06 bits per heavy atom. The van der Waals surface area contributed by atoms with Crippen LogP contribution in [-0.4, -0.2) is 61.2 Å². The predicted octanol–water partition coefficient (Wildman–Crippen LogP) is 8.33. The number of carboxylic acid groups (broad SMARTS) is 1. The molecule has 8 nitrogen and oxygen atoms in total. The molecule has 2 aliphatic heterocycles. The molecule has 9 heteroatoms. The Balaban J connectivity index is 1.54. The fourth-order valence-corrected chi connectivity index (χ4v) is 6.62. The fourth-order valence-electron chi connectivity index (χ4n) is 6.62. The maximum Gasteiger partial charge on any atom is 0.337 e. The molecular weight excluding hydrogens is 623 g/mol. The molecule has 1 atom stereocenters. The first kappa shape index (κ1) is 36.7.